The van der Waals surface area contributed by atoms with Crippen molar-refractivity contribution in [3.8, 4) is 0 Å². The van der Waals surface area contributed by atoms with Crippen LogP contribution in [0.15, 0.2) is 18.2 Å². The van der Waals surface area contributed by atoms with E-state index in [1.807, 2.05) is 11.0 Å². The maximum Gasteiger partial charge on any atom is 0.146 e. The maximum atomic E-state index is 14.1. The van der Waals surface area contributed by atoms with Gasteiger partial charge in [0.25, 0.3) is 0 Å². The summed E-state index contributed by atoms with van der Waals surface area (Å²) in [5, 5.41) is 9.15. The van der Waals surface area contributed by atoms with Crippen molar-refractivity contribution in [2.75, 3.05) is 18.1 Å². The van der Waals surface area contributed by atoms with Gasteiger partial charge in [-0.1, -0.05) is 19.9 Å². The van der Waals surface area contributed by atoms with E-state index in [0.29, 0.717) is 18.8 Å². The molecule has 0 saturated carbocycles. The normalized spacial score (nSPS) is 11.0. The third-order valence-corrected chi connectivity index (χ3v) is 3.28. The summed E-state index contributed by atoms with van der Waals surface area (Å²) < 4.78 is 14.1. The van der Waals surface area contributed by atoms with E-state index in [4.69, 9.17) is 10.8 Å². The largest absolute Gasteiger partial charge is 0.395 e. The van der Waals surface area contributed by atoms with Crippen molar-refractivity contribution < 1.29 is 9.50 Å². The first-order chi connectivity index (χ1) is 8.67. The third-order valence-electron chi connectivity index (χ3n) is 3.28. The molecule has 0 atom stereocenters. The zero-order valence-corrected chi connectivity index (χ0v) is 11.2. The van der Waals surface area contributed by atoms with Gasteiger partial charge in [0.15, 0.2) is 0 Å². The van der Waals surface area contributed by atoms with Gasteiger partial charge in [0.2, 0.25) is 0 Å². The lowest BCUT2D eigenvalue weighted by Gasteiger charge is -2.32. The number of hydrogen-bond acceptors (Lipinski definition) is 3. The molecule has 0 saturated heterocycles. The van der Waals surface area contributed by atoms with Gasteiger partial charge in [0.05, 0.1) is 12.3 Å². The first-order valence-electron chi connectivity index (χ1n) is 6.53. The lowest BCUT2D eigenvalue weighted by atomic mass is 10.1. The van der Waals surface area contributed by atoms with Gasteiger partial charge < -0.3 is 15.7 Å². The van der Waals surface area contributed by atoms with E-state index in [9.17, 15) is 4.39 Å². The van der Waals surface area contributed by atoms with Gasteiger partial charge in [-0.25, -0.2) is 4.39 Å². The molecule has 3 N–H and O–H groups in total. The summed E-state index contributed by atoms with van der Waals surface area (Å²) in [5.74, 6) is -0.265. The molecule has 0 amide bonds. The molecule has 0 spiro atoms. The second kappa shape index (κ2) is 7.34. The Morgan fingerprint density at radius 3 is 2.44 bits per heavy atom. The molecule has 0 radical (unpaired) electrons. The van der Waals surface area contributed by atoms with Crippen LogP contribution >= 0.6 is 0 Å². The van der Waals surface area contributed by atoms with Crippen molar-refractivity contribution in [1.29, 1.82) is 0 Å². The van der Waals surface area contributed by atoms with Crippen molar-refractivity contribution in [3.63, 3.8) is 0 Å². The molecule has 102 valence electrons. The molecule has 0 bridgehead atoms. The first kappa shape index (κ1) is 14.9. The van der Waals surface area contributed by atoms with Crippen molar-refractivity contribution in [2.45, 2.75) is 39.3 Å². The zero-order valence-electron chi connectivity index (χ0n) is 11.2. The highest BCUT2D eigenvalue weighted by Crippen LogP contribution is 2.24. The number of aliphatic hydroxyl groups excluding tert-OH is 1. The second-order valence-corrected chi connectivity index (χ2v) is 4.38. The second-order valence-electron chi connectivity index (χ2n) is 4.38. The van der Waals surface area contributed by atoms with Gasteiger partial charge >= 0.3 is 0 Å². The topological polar surface area (TPSA) is 49.5 Å². The predicted molar refractivity (Wildman–Crippen MR) is 73.1 cm³/mol. The van der Waals surface area contributed by atoms with E-state index in [2.05, 4.69) is 13.8 Å². The molecular weight excluding hydrogens is 231 g/mol. The van der Waals surface area contributed by atoms with Crippen LogP contribution in [0.1, 0.15) is 32.3 Å². The molecule has 0 aliphatic carbocycles. The summed E-state index contributed by atoms with van der Waals surface area (Å²) in [6.45, 7) is 4.96. The molecule has 4 heteroatoms. The van der Waals surface area contributed by atoms with Crippen LogP contribution in [0.3, 0.4) is 0 Å². The fraction of sp³-hybridized carbons (Fsp3) is 0.571. The summed E-state index contributed by atoms with van der Waals surface area (Å²) in [6.07, 6.45) is 1.85. The molecule has 3 nitrogen and oxygen atoms in total. The Morgan fingerprint density at radius 1 is 1.33 bits per heavy atom. The van der Waals surface area contributed by atoms with Crippen molar-refractivity contribution in [3.05, 3.63) is 29.6 Å². The van der Waals surface area contributed by atoms with Gasteiger partial charge in [-0.05, 0) is 30.5 Å². The van der Waals surface area contributed by atoms with Gasteiger partial charge in [0, 0.05) is 19.1 Å². The van der Waals surface area contributed by atoms with Crippen LogP contribution < -0.4 is 10.6 Å². The molecule has 1 aromatic carbocycles. The predicted octanol–water partition coefficient (Wildman–Crippen LogP) is 2.27. The smallest absolute Gasteiger partial charge is 0.146 e. The minimum absolute atomic E-state index is 0.0224. The first-order valence-corrected chi connectivity index (χ1v) is 6.53. The van der Waals surface area contributed by atoms with Crippen LogP contribution in [0, 0.1) is 5.82 Å². The van der Waals surface area contributed by atoms with E-state index < -0.39 is 0 Å². The lowest BCUT2D eigenvalue weighted by molar-refractivity contribution is 0.295. The molecule has 0 fully saturated rings. The summed E-state index contributed by atoms with van der Waals surface area (Å²) in [6, 6.07) is 5.31. The molecule has 0 heterocycles. The monoisotopic (exact) mass is 254 g/mol. The quantitative estimate of drug-likeness (QED) is 0.785. The fourth-order valence-corrected chi connectivity index (χ4v) is 2.25. The van der Waals surface area contributed by atoms with Gasteiger partial charge in [0.1, 0.15) is 5.82 Å². The average molecular weight is 254 g/mol. The van der Waals surface area contributed by atoms with E-state index in [1.165, 1.54) is 6.07 Å². The number of benzene rings is 1. The van der Waals surface area contributed by atoms with Crippen LogP contribution in [-0.2, 0) is 6.54 Å². The molecular formula is C14H23FN2O. The Morgan fingerprint density at radius 2 is 2.00 bits per heavy atom. The zero-order chi connectivity index (χ0) is 13.5. The molecule has 0 aliphatic rings. The van der Waals surface area contributed by atoms with E-state index >= 15 is 0 Å². The standard InChI is InChI=1S/C14H23FN2O/c1-3-12(4-2)17(7-8-18)14-6-5-11(10-16)9-13(14)15/h5-6,9,12,18H,3-4,7-8,10,16H2,1-2H3. The highest BCUT2D eigenvalue weighted by molar-refractivity contribution is 5.50. The average Bonchev–Trinajstić information content (AvgIpc) is 2.39. The Labute approximate surface area is 108 Å². The molecule has 1 aromatic rings. The minimum atomic E-state index is -0.265. The fourth-order valence-electron chi connectivity index (χ4n) is 2.25. The number of nitrogens with zero attached hydrogens (tertiary/aromatic N) is 1. The Balaban J connectivity index is 3.04. The Kier molecular flexibility index (Phi) is 6.09. The van der Waals surface area contributed by atoms with Gasteiger partial charge in [-0.2, -0.15) is 0 Å². The molecule has 1 rings (SSSR count). The van der Waals surface area contributed by atoms with Gasteiger partial charge in [-0.3, -0.25) is 0 Å². The summed E-state index contributed by atoms with van der Waals surface area (Å²) in [4.78, 5) is 1.94. The van der Waals surface area contributed by atoms with Crippen LogP contribution in [-0.4, -0.2) is 24.3 Å². The van der Waals surface area contributed by atoms with E-state index in [-0.39, 0.29) is 18.5 Å². The Bertz CT molecular complexity index is 367. The highest BCUT2D eigenvalue weighted by atomic mass is 19.1. The third kappa shape index (κ3) is 3.43. The Hall–Kier alpha value is -1.13. The molecule has 0 unspecified atom stereocenters. The van der Waals surface area contributed by atoms with Crippen LogP contribution in [0.2, 0.25) is 0 Å². The number of rotatable bonds is 7. The van der Waals surface area contributed by atoms with E-state index in [0.717, 1.165) is 18.4 Å². The van der Waals surface area contributed by atoms with Crippen molar-refractivity contribution >= 4 is 5.69 Å². The summed E-state index contributed by atoms with van der Waals surface area (Å²) >= 11 is 0. The van der Waals surface area contributed by atoms with Gasteiger partial charge in [-0.15, -0.1) is 0 Å². The number of hydrogen-bond donors (Lipinski definition) is 2. The minimum Gasteiger partial charge on any atom is -0.395 e. The maximum absolute atomic E-state index is 14.1. The SMILES string of the molecule is CCC(CC)N(CCO)c1ccc(CN)cc1F. The van der Waals surface area contributed by atoms with Crippen molar-refractivity contribution in [2.24, 2.45) is 5.73 Å². The van der Waals surface area contributed by atoms with E-state index in [1.54, 1.807) is 6.07 Å². The van der Waals surface area contributed by atoms with Crippen LogP contribution in [0.25, 0.3) is 0 Å². The van der Waals surface area contributed by atoms with Crippen molar-refractivity contribution in [1.82, 2.24) is 0 Å². The van der Waals surface area contributed by atoms with Crippen LogP contribution in [0.4, 0.5) is 10.1 Å². The number of nitrogens with two attached hydrogens (primary N) is 1. The number of anilines is 1. The summed E-state index contributed by atoms with van der Waals surface area (Å²) in [5.41, 5.74) is 6.83. The summed E-state index contributed by atoms with van der Waals surface area (Å²) in [7, 11) is 0. The number of aliphatic hydroxyl groups is 1. The van der Waals surface area contributed by atoms with Crippen LogP contribution in [0.5, 0.6) is 0 Å². The molecule has 18 heavy (non-hydrogen) atoms. The molecule has 0 aromatic heterocycles. The molecule has 0 aliphatic heterocycles. The highest BCUT2D eigenvalue weighted by Gasteiger charge is 2.18. The number of halogens is 1. The lowest BCUT2D eigenvalue weighted by Crippen LogP contribution is -2.37.